The third-order valence-electron chi connectivity index (χ3n) is 2.87. The first-order valence-electron chi connectivity index (χ1n) is 5.56. The second kappa shape index (κ2) is 5.23. The minimum absolute atomic E-state index is 0.0616. The average Bonchev–Trinajstić information content (AvgIpc) is 2.73. The van der Waals surface area contributed by atoms with Gasteiger partial charge in [-0.2, -0.15) is 4.31 Å². The Balaban J connectivity index is 1.93. The number of sulfonamides is 1. The Morgan fingerprint density at radius 2 is 2.26 bits per heavy atom. The fraction of sp³-hybridized carbons (Fsp3) is 0.667. The van der Waals surface area contributed by atoms with Crippen molar-refractivity contribution in [1.29, 1.82) is 0 Å². The van der Waals surface area contributed by atoms with E-state index in [9.17, 15) is 13.2 Å². The Hall–Kier alpha value is -1.52. The molecule has 0 radical (unpaired) electrons. The summed E-state index contributed by atoms with van der Waals surface area (Å²) < 4.78 is 31.0. The van der Waals surface area contributed by atoms with Crippen LogP contribution in [0.25, 0.3) is 0 Å². The molecule has 0 amide bonds. The molecule has 0 atom stereocenters. The van der Waals surface area contributed by atoms with E-state index in [-0.39, 0.29) is 37.2 Å². The van der Waals surface area contributed by atoms with Crippen LogP contribution in [-0.4, -0.2) is 71.4 Å². The fourth-order valence-corrected chi connectivity index (χ4v) is 3.12. The van der Waals surface area contributed by atoms with Crippen molar-refractivity contribution in [2.45, 2.75) is 6.04 Å². The summed E-state index contributed by atoms with van der Waals surface area (Å²) in [6.07, 6.45) is 1.30. The van der Waals surface area contributed by atoms with Crippen LogP contribution in [0.15, 0.2) is 6.20 Å². The molecule has 0 spiro atoms. The number of methoxy groups -OCH3 is 1. The summed E-state index contributed by atoms with van der Waals surface area (Å²) in [7, 11) is -1.86. The Kier molecular flexibility index (Phi) is 3.83. The SMILES string of the molecule is COCCS(=O)(=O)N1CC(n2cc(C(=O)O)nn2)C1. The predicted molar refractivity (Wildman–Crippen MR) is 63.3 cm³/mol. The number of carboxylic acids is 1. The molecule has 1 fully saturated rings. The molecule has 1 aromatic heterocycles. The van der Waals surface area contributed by atoms with Crippen molar-refractivity contribution < 1.29 is 23.1 Å². The molecule has 1 aliphatic heterocycles. The van der Waals surface area contributed by atoms with Crippen molar-refractivity contribution >= 4 is 16.0 Å². The summed E-state index contributed by atoms with van der Waals surface area (Å²) in [6.45, 7) is 0.693. The Morgan fingerprint density at radius 1 is 1.58 bits per heavy atom. The van der Waals surface area contributed by atoms with Crippen LogP contribution in [0.4, 0.5) is 0 Å². The van der Waals surface area contributed by atoms with E-state index in [1.807, 2.05) is 0 Å². The lowest BCUT2D eigenvalue weighted by molar-refractivity contribution is 0.0690. The normalized spacial score (nSPS) is 17.3. The van der Waals surface area contributed by atoms with Gasteiger partial charge < -0.3 is 9.84 Å². The van der Waals surface area contributed by atoms with Crippen LogP contribution in [0.1, 0.15) is 16.5 Å². The first-order chi connectivity index (χ1) is 8.94. The van der Waals surface area contributed by atoms with Crippen LogP contribution in [0.3, 0.4) is 0 Å². The number of hydrogen-bond acceptors (Lipinski definition) is 6. The van der Waals surface area contributed by atoms with Gasteiger partial charge in [-0.1, -0.05) is 5.21 Å². The molecule has 2 rings (SSSR count). The first-order valence-corrected chi connectivity index (χ1v) is 7.17. The van der Waals surface area contributed by atoms with Gasteiger partial charge in [0, 0.05) is 20.2 Å². The molecule has 9 nitrogen and oxygen atoms in total. The van der Waals surface area contributed by atoms with E-state index < -0.39 is 16.0 Å². The lowest BCUT2D eigenvalue weighted by Crippen LogP contribution is -2.51. The lowest BCUT2D eigenvalue weighted by Gasteiger charge is -2.37. The number of aromatic nitrogens is 3. The molecule has 1 aliphatic rings. The number of nitrogens with zero attached hydrogens (tertiary/aromatic N) is 4. The van der Waals surface area contributed by atoms with Gasteiger partial charge >= 0.3 is 5.97 Å². The molecule has 10 heteroatoms. The molecule has 2 heterocycles. The summed E-state index contributed by atoms with van der Waals surface area (Å²) in [4.78, 5) is 10.6. The fourth-order valence-electron chi connectivity index (χ4n) is 1.68. The Bertz CT molecular complexity index is 563. The molecular weight excluding hydrogens is 276 g/mol. The van der Waals surface area contributed by atoms with E-state index in [1.54, 1.807) is 0 Å². The minimum atomic E-state index is -3.31. The van der Waals surface area contributed by atoms with Crippen molar-refractivity contribution in [3.63, 3.8) is 0 Å². The van der Waals surface area contributed by atoms with Gasteiger partial charge in [-0.05, 0) is 0 Å². The van der Waals surface area contributed by atoms with E-state index in [0.717, 1.165) is 0 Å². The highest BCUT2D eigenvalue weighted by Crippen LogP contribution is 2.23. The number of aromatic carboxylic acids is 1. The molecule has 106 valence electrons. The maximum Gasteiger partial charge on any atom is 0.358 e. The van der Waals surface area contributed by atoms with Crippen molar-refractivity contribution in [2.24, 2.45) is 0 Å². The molecule has 1 aromatic rings. The second-order valence-corrected chi connectivity index (χ2v) is 6.26. The van der Waals surface area contributed by atoms with E-state index in [0.29, 0.717) is 0 Å². The van der Waals surface area contributed by atoms with Gasteiger partial charge in [-0.3, -0.25) is 0 Å². The van der Waals surface area contributed by atoms with Gasteiger partial charge in [-0.15, -0.1) is 5.10 Å². The summed E-state index contributed by atoms with van der Waals surface area (Å²) >= 11 is 0. The van der Waals surface area contributed by atoms with Crippen LogP contribution in [0.5, 0.6) is 0 Å². The average molecular weight is 290 g/mol. The summed E-state index contributed by atoms with van der Waals surface area (Å²) in [5.41, 5.74) is -0.152. The Morgan fingerprint density at radius 3 is 2.79 bits per heavy atom. The van der Waals surface area contributed by atoms with E-state index in [1.165, 1.54) is 22.3 Å². The smallest absolute Gasteiger partial charge is 0.358 e. The zero-order valence-corrected chi connectivity index (χ0v) is 11.1. The Labute approximate surface area is 109 Å². The highest BCUT2D eigenvalue weighted by Gasteiger charge is 2.37. The first kappa shape index (κ1) is 13.9. The quantitative estimate of drug-likeness (QED) is 0.700. The van der Waals surface area contributed by atoms with Crippen molar-refractivity contribution in [1.82, 2.24) is 19.3 Å². The maximum atomic E-state index is 11.8. The molecule has 1 N–H and O–H groups in total. The van der Waals surface area contributed by atoms with Gasteiger partial charge in [0.15, 0.2) is 5.69 Å². The van der Waals surface area contributed by atoms with Crippen molar-refractivity contribution in [3.8, 4) is 0 Å². The maximum absolute atomic E-state index is 11.8. The van der Waals surface area contributed by atoms with Crippen molar-refractivity contribution in [3.05, 3.63) is 11.9 Å². The van der Waals surface area contributed by atoms with Crippen LogP contribution in [-0.2, 0) is 14.8 Å². The van der Waals surface area contributed by atoms with Crippen LogP contribution < -0.4 is 0 Å². The van der Waals surface area contributed by atoms with E-state index >= 15 is 0 Å². The van der Waals surface area contributed by atoms with Gasteiger partial charge in [0.05, 0.1) is 24.6 Å². The zero-order valence-electron chi connectivity index (χ0n) is 10.3. The lowest BCUT2D eigenvalue weighted by atomic mass is 10.2. The highest BCUT2D eigenvalue weighted by atomic mass is 32.2. The molecule has 19 heavy (non-hydrogen) atoms. The van der Waals surface area contributed by atoms with Crippen LogP contribution in [0, 0.1) is 0 Å². The third-order valence-corrected chi connectivity index (χ3v) is 4.64. The molecule has 1 saturated heterocycles. The molecule has 0 aromatic carbocycles. The number of rotatable bonds is 6. The van der Waals surface area contributed by atoms with E-state index in [2.05, 4.69) is 10.3 Å². The standard InChI is InChI=1S/C9H14N4O5S/c1-18-2-3-19(16,17)12-4-7(5-12)13-6-8(9(14)15)10-11-13/h6-7H,2-5H2,1H3,(H,14,15). The topological polar surface area (TPSA) is 115 Å². The van der Waals surface area contributed by atoms with Gasteiger partial charge in [0.1, 0.15) is 0 Å². The number of ether oxygens (including phenoxy) is 1. The molecular formula is C9H14N4O5S. The van der Waals surface area contributed by atoms with Crippen LogP contribution >= 0.6 is 0 Å². The largest absolute Gasteiger partial charge is 0.476 e. The highest BCUT2D eigenvalue weighted by molar-refractivity contribution is 7.89. The van der Waals surface area contributed by atoms with Gasteiger partial charge in [-0.25, -0.2) is 17.9 Å². The zero-order chi connectivity index (χ0) is 14.0. The second-order valence-electron chi connectivity index (χ2n) is 4.17. The molecule has 0 saturated carbocycles. The summed E-state index contributed by atoms with van der Waals surface area (Å²) in [5, 5.41) is 15.9. The van der Waals surface area contributed by atoms with Crippen molar-refractivity contribution in [2.75, 3.05) is 32.6 Å². The monoisotopic (exact) mass is 290 g/mol. The predicted octanol–water partition coefficient (Wildman–Crippen LogP) is -1.19. The summed E-state index contributed by atoms with van der Waals surface area (Å²) in [5.74, 6) is -1.22. The molecule has 0 unspecified atom stereocenters. The number of carboxylic acid groups (broad SMARTS) is 1. The number of hydrogen-bond donors (Lipinski definition) is 1. The summed E-state index contributed by atoms with van der Waals surface area (Å²) in [6, 6.07) is -0.169. The number of carbonyl (C=O) groups is 1. The molecule has 0 aliphatic carbocycles. The molecule has 0 bridgehead atoms. The van der Waals surface area contributed by atoms with Gasteiger partial charge in [0.2, 0.25) is 10.0 Å². The van der Waals surface area contributed by atoms with Gasteiger partial charge in [0.25, 0.3) is 0 Å². The van der Waals surface area contributed by atoms with Crippen LogP contribution in [0.2, 0.25) is 0 Å². The third kappa shape index (κ3) is 2.91. The minimum Gasteiger partial charge on any atom is -0.476 e. The van der Waals surface area contributed by atoms with E-state index in [4.69, 9.17) is 9.84 Å².